The summed E-state index contributed by atoms with van der Waals surface area (Å²) >= 11 is 2.44. The van der Waals surface area contributed by atoms with Crippen LogP contribution in [0.2, 0.25) is 0 Å². The van der Waals surface area contributed by atoms with E-state index in [4.69, 9.17) is 10.6 Å². The summed E-state index contributed by atoms with van der Waals surface area (Å²) in [5.41, 5.74) is 4.75. The number of phenolic OH excluding ortho intramolecular Hbond substituents is 2. The zero-order valence-electron chi connectivity index (χ0n) is 31.7. The van der Waals surface area contributed by atoms with Gasteiger partial charge in [-0.1, -0.05) is 5.16 Å². The number of oxime groups is 1. The van der Waals surface area contributed by atoms with Gasteiger partial charge in [0, 0.05) is 53.9 Å². The van der Waals surface area contributed by atoms with Crippen molar-refractivity contribution >= 4 is 74.4 Å². The first-order chi connectivity index (χ1) is 26.9. The van der Waals surface area contributed by atoms with Crippen LogP contribution in [0.25, 0.3) is 10.9 Å². The van der Waals surface area contributed by atoms with Crippen LogP contribution in [0.3, 0.4) is 0 Å². The number of nitrogens with two attached hydrogens (primary N) is 1. The van der Waals surface area contributed by atoms with Crippen molar-refractivity contribution in [2.75, 3.05) is 44.2 Å². The molecule has 1 aromatic carbocycles. The Labute approximate surface area is 334 Å². The lowest BCUT2D eigenvalue weighted by Crippen LogP contribution is -2.71. The van der Waals surface area contributed by atoms with Crippen LogP contribution in [0.4, 0.5) is 5.00 Å². The number of carbonyl (C=O) groups excluding carboxylic acids is 3. The lowest BCUT2D eigenvalue weighted by molar-refractivity contribution is -0.911. The Balaban J connectivity index is 1.17. The Kier molecular flexibility index (Phi) is 11.3. The summed E-state index contributed by atoms with van der Waals surface area (Å²) in [6.45, 7) is 8.65. The predicted molar refractivity (Wildman–Crippen MR) is 211 cm³/mol. The molecule has 0 bridgehead atoms. The Morgan fingerprint density at radius 2 is 1.77 bits per heavy atom. The number of carboxylic acids is 2. The maximum absolute atomic E-state index is 13.7. The van der Waals surface area contributed by atoms with Gasteiger partial charge < -0.3 is 50.7 Å². The van der Waals surface area contributed by atoms with Crippen molar-refractivity contribution in [3.63, 3.8) is 0 Å². The van der Waals surface area contributed by atoms with E-state index < -0.39 is 57.9 Å². The molecule has 3 aliphatic heterocycles. The van der Waals surface area contributed by atoms with E-state index >= 15 is 0 Å². The van der Waals surface area contributed by atoms with Crippen LogP contribution in [-0.4, -0.2) is 125 Å². The summed E-state index contributed by atoms with van der Waals surface area (Å²) in [6.07, 6.45) is 3.15. The van der Waals surface area contributed by atoms with Crippen molar-refractivity contribution < 1.29 is 53.7 Å². The minimum absolute atomic E-state index is 0.0801. The number of quaternary nitrogens is 1. The average molecular weight is 827 g/mol. The number of carboxylic acid groups (broad SMARTS) is 2. The molecule has 0 spiro atoms. The average Bonchev–Trinajstić information content (AvgIpc) is 3.76. The van der Waals surface area contributed by atoms with E-state index in [0.29, 0.717) is 58.9 Å². The Morgan fingerprint density at radius 3 is 2.39 bits per heavy atom. The molecule has 2 fully saturated rings. The number of β-lactam (4-membered cyclic amide) rings is 1. The van der Waals surface area contributed by atoms with Gasteiger partial charge in [-0.2, -0.15) is 0 Å². The molecule has 5 heterocycles. The third-order valence-electron chi connectivity index (χ3n) is 10.6. The minimum atomic E-state index is -1.78. The number of anilines is 1. The standard InChI is InChI=1S/C37H43N7O11S2/c1-5-42-14-21(29(47)20-12-24(45)25(46)13-23(20)42)31(48)39-8-11-44(9-6-7-10-44)15-19-16-57-34-27(33(50)43(34)28(19)35(51)52)40-32(49)26(22-17-56-30(38)18(22)2)41-55-37(3,4)36(53)54/h12-14,17,27,34H,5-11,15-16,38H2,1-4H3,(H5-,39,40,41,45,46,47,48,49,51,52,53,54)/p+1. The molecule has 2 saturated heterocycles. The number of nitrogens with one attached hydrogen (secondary N) is 2. The molecule has 2 unspecified atom stereocenters. The number of aromatic nitrogens is 1. The minimum Gasteiger partial charge on any atom is -0.504 e. The van der Waals surface area contributed by atoms with E-state index in [9.17, 15) is 49.2 Å². The van der Waals surface area contributed by atoms with Crippen molar-refractivity contribution in [1.82, 2.24) is 20.1 Å². The third-order valence-corrected chi connectivity index (χ3v) is 12.9. The number of rotatable bonds is 14. The van der Waals surface area contributed by atoms with E-state index in [1.165, 1.54) is 42.8 Å². The van der Waals surface area contributed by atoms with Crippen molar-refractivity contribution in [3.05, 3.63) is 61.9 Å². The predicted octanol–water partition coefficient (Wildman–Crippen LogP) is 1.75. The van der Waals surface area contributed by atoms with Gasteiger partial charge >= 0.3 is 11.9 Å². The first kappa shape index (κ1) is 41.0. The molecule has 3 aliphatic rings. The number of phenols is 2. The van der Waals surface area contributed by atoms with Crippen LogP contribution in [0.15, 0.2) is 44.9 Å². The maximum Gasteiger partial charge on any atom is 0.352 e. The molecule has 0 saturated carbocycles. The first-order valence-electron chi connectivity index (χ1n) is 18.2. The largest absolute Gasteiger partial charge is 0.504 e. The number of nitrogen functional groups attached to an aromatic ring is 1. The van der Waals surface area contributed by atoms with Crippen molar-refractivity contribution in [2.45, 2.75) is 64.1 Å². The van der Waals surface area contributed by atoms with E-state index in [0.717, 1.165) is 30.2 Å². The van der Waals surface area contributed by atoms with E-state index in [1.807, 2.05) is 6.92 Å². The highest BCUT2D eigenvalue weighted by Gasteiger charge is 2.55. The van der Waals surface area contributed by atoms with E-state index in [1.54, 1.807) is 16.9 Å². The van der Waals surface area contributed by atoms with Crippen LogP contribution in [-0.2, 0) is 30.6 Å². The van der Waals surface area contributed by atoms with Crippen LogP contribution in [0.1, 0.15) is 55.1 Å². The lowest BCUT2D eigenvalue weighted by atomic mass is 10.0. The topological polar surface area (TPSA) is 263 Å². The highest BCUT2D eigenvalue weighted by Crippen LogP contribution is 2.41. The van der Waals surface area contributed by atoms with Crippen molar-refractivity contribution in [3.8, 4) is 11.5 Å². The van der Waals surface area contributed by atoms with Gasteiger partial charge in [0.15, 0.2) is 17.2 Å². The van der Waals surface area contributed by atoms with Crippen LogP contribution >= 0.6 is 23.1 Å². The Hall–Kier alpha value is -5.60. The molecule has 8 N–H and O–H groups in total. The second kappa shape index (κ2) is 15.7. The van der Waals surface area contributed by atoms with E-state index in [-0.39, 0.29) is 46.0 Å². The molecular weight excluding hydrogens is 783 g/mol. The molecule has 6 rings (SSSR count). The fraction of sp³-hybridized carbons (Fsp3) is 0.432. The summed E-state index contributed by atoms with van der Waals surface area (Å²) in [4.78, 5) is 84.8. The van der Waals surface area contributed by atoms with Gasteiger partial charge in [-0.25, -0.2) is 9.59 Å². The Bertz CT molecular complexity index is 2310. The van der Waals surface area contributed by atoms with Gasteiger partial charge in [-0.3, -0.25) is 24.1 Å². The van der Waals surface area contributed by atoms with Gasteiger partial charge in [0.25, 0.3) is 17.7 Å². The number of hydrogen-bond acceptors (Lipinski definition) is 13. The summed E-state index contributed by atoms with van der Waals surface area (Å²) in [5.74, 6) is -5.32. The zero-order chi connectivity index (χ0) is 41.6. The molecule has 0 radical (unpaired) electrons. The third kappa shape index (κ3) is 7.75. The molecule has 3 amide bonds. The number of fused-ring (bicyclic) bond motifs is 2. The van der Waals surface area contributed by atoms with Gasteiger partial charge in [-0.15, -0.1) is 23.1 Å². The summed E-state index contributed by atoms with van der Waals surface area (Å²) in [5, 5.41) is 50.6. The number of benzene rings is 1. The number of hydrogen-bond donors (Lipinski definition) is 7. The van der Waals surface area contributed by atoms with Gasteiger partial charge in [0.1, 0.15) is 29.2 Å². The number of amides is 3. The first-order valence-corrected chi connectivity index (χ1v) is 20.1. The number of aliphatic carboxylic acids is 2. The molecule has 3 aromatic rings. The van der Waals surface area contributed by atoms with Crippen molar-refractivity contribution in [1.29, 1.82) is 0 Å². The van der Waals surface area contributed by atoms with Crippen molar-refractivity contribution in [2.24, 2.45) is 5.16 Å². The second-order valence-electron chi connectivity index (χ2n) is 14.8. The number of nitrogens with zero attached hydrogens (tertiary/aromatic N) is 4. The molecule has 18 nitrogen and oxygen atoms in total. The quantitative estimate of drug-likeness (QED) is 0.0402. The molecular formula is C37H44N7O11S2+. The molecule has 2 atom stereocenters. The number of aromatic hydroxyl groups is 2. The lowest BCUT2D eigenvalue weighted by Gasteiger charge is -2.50. The number of likely N-dealkylation sites (tertiary alicyclic amines) is 1. The number of aryl methyl sites for hydroxylation is 1. The fourth-order valence-corrected chi connectivity index (χ4v) is 9.46. The molecule has 20 heteroatoms. The maximum atomic E-state index is 13.7. The number of thiophene rings is 1. The summed E-state index contributed by atoms with van der Waals surface area (Å²) in [6, 6.07) is 1.29. The highest BCUT2D eigenvalue weighted by atomic mass is 32.2. The van der Waals surface area contributed by atoms with Gasteiger partial charge in [-0.05, 0) is 39.3 Å². The Morgan fingerprint density at radius 1 is 1.09 bits per heavy atom. The number of pyridine rings is 1. The summed E-state index contributed by atoms with van der Waals surface area (Å²) in [7, 11) is 0. The number of thioether (sulfide) groups is 1. The smallest absolute Gasteiger partial charge is 0.352 e. The SMILES string of the molecule is CCn1cc(C(=O)NCC[N+]2(CC3=C(C(=O)O)N4C(=O)C(NC(=O)C(=NOC(C)(C)C(=O)O)c5csc(N)c5C)C4SC3)CCCC2)c(=O)c2cc(O)c(O)cc21. The van der Waals surface area contributed by atoms with Crippen LogP contribution in [0.5, 0.6) is 11.5 Å². The monoisotopic (exact) mass is 826 g/mol. The van der Waals surface area contributed by atoms with Gasteiger partial charge in [0.05, 0.1) is 42.1 Å². The fourth-order valence-electron chi connectivity index (χ4n) is 7.30. The van der Waals surface area contributed by atoms with Gasteiger partial charge in [0.2, 0.25) is 11.0 Å². The van der Waals surface area contributed by atoms with Crippen LogP contribution in [0, 0.1) is 6.92 Å². The number of carbonyl (C=O) groups is 5. The second-order valence-corrected chi connectivity index (χ2v) is 16.8. The normalized spacial score (nSPS) is 19.3. The zero-order valence-corrected chi connectivity index (χ0v) is 33.3. The highest BCUT2D eigenvalue weighted by molar-refractivity contribution is 8.00. The molecule has 2 aromatic heterocycles. The molecule has 57 heavy (non-hydrogen) atoms. The van der Waals surface area contributed by atoms with Crippen LogP contribution < -0.4 is 21.8 Å². The summed E-state index contributed by atoms with van der Waals surface area (Å²) < 4.78 is 2.07. The van der Waals surface area contributed by atoms with E-state index in [2.05, 4.69) is 15.8 Å². The molecule has 304 valence electrons. The molecule has 0 aliphatic carbocycles.